The minimum atomic E-state index is -0.556. The van der Waals surface area contributed by atoms with Crippen molar-refractivity contribution in [1.82, 2.24) is 4.98 Å². The number of ether oxygens (including phenoxy) is 6. The number of rotatable bonds is 8. The zero-order valence-electron chi connectivity index (χ0n) is 15.7. The SMILES string of the molecule is COc1c(OC)c(OC)c(C(OC)c2ccccn2)c(OC)c1OC.Cl. The molecule has 0 bridgehead atoms. The van der Waals surface area contributed by atoms with Crippen LogP contribution in [0.4, 0.5) is 0 Å². The van der Waals surface area contributed by atoms with E-state index in [2.05, 4.69) is 4.98 Å². The van der Waals surface area contributed by atoms with Crippen LogP contribution in [0.2, 0.25) is 0 Å². The first-order chi connectivity index (χ1) is 12.2. The van der Waals surface area contributed by atoms with Crippen molar-refractivity contribution in [3.05, 3.63) is 35.7 Å². The maximum Gasteiger partial charge on any atom is 0.211 e. The third-order valence-electron chi connectivity index (χ3n) is 3.79. The smallest absolute Gasteiger partial charge is 0.211 e. The van der Waals surface area contributed by atoms with Crippen molar-refractivity contribution in [2.24, 2.45) is 0 Å². The summed E-state index contributed by atoms with van der Waals surface area (Å²) in [6, 6.07) is 5.57. The van der Waals surface area contributed by atoms with Crippen LogP contribution < -0.4 is 23.7 Å². The predicted octanol–water partition coefficient (Wildman–Crippen LogP) is 3.28. The van der Waals surface area contributed by atoms with Gasteiger partial charge in [-0.1, -0.05) is 6.07 Å². The molecule has 0 aliphatic rings. The number of nitrogens with zero attached hydrogens (tertiary/aromatic N) is 1. The van der Waals surface area contributed by atoms with E-state index in [0.29, 0.717) is 40.0 Å². The van der Waals surface area contributed by atoms with Gasteiger partial charge in [0.15, 0.2) is 11.5 Å². The molecule has 0 spiro atoms. The van der Waals surface area contributed by atoms with Crippen molar-refractivity contribution < 1.29 is 28.4 Å². The highest BCUT2D eigenvalue weighted by atomic mass is 35.5. The van der Waals surface area contributed by atoms with Crippen LogP contribution in [0.15, 0.2) is 24.4 Å². The van der Waals surface area contributed by atoms with Crippen molar-refractivity contribution >= 4 is 12.4 Å². The molecule has 1 aromatic carbocycles. The minimum absolute atomic E-state index is 0. The van der Waals surface area contributed by atoms with Gasteiger partial charge >= 0.3 is 0 Å². The Morgan fingerprint density at radius 2 is 1.15 bits per heavy atom. The predicted molar refractivity (Wildman–Crippen MR) is 99.5 cm³/mol. The van der Waals surface area contributed by atoms with E-state index in [1.165, 1.54) is 35.5 Å². The van der Waals surface area contributed by atoms with Gasteiger partial charge in [-0.25, -0.2) is 0 Å². The Bertz CT molecular complexity index is 678. The maximum absolute atomic E-state index is 5.71. The van der Waals surface area contributed by atoms with E-state index in [9.17, 15) is 0 Å². The molecular formula is C18H24ClNO6. The van der Waals surface area contributed by atoms with E-state index in [-0.39, 0.29) is 12.4 Å². The molecule has 2 rings (SSSR count). The van der Waals surface area contributed by atoms with Crippen molar-refractivity contribution in [1.29, 1.82) is 0 Å². The van der Waals surface area contributed by atoms with Crippen LogP contribution in [-0.4, -0.2) is 47.6 Å². The third kappa shape index (κ3) is 3.73. The molecule has 2 aromatic rings. The second-order valence-corrected chi connectivity index (χ2v) is 4.95. The number of hydrogen-bond donors (Lipinski definition) is 0. The summed E-state index contributed by atoms with van der Waals surface area (Å²) in [5.41, 5.74) is 1.29. The zero-order chi connectivity index (χ0) is 18.4. The summed E-state index contributed by atoms with van der Waals surface area (Å²) in [5.74, 6) is 1.99. The Balaban J connectivity index is 0.00000338. The molecule has 0 radical (unpaired) electrons. The van der Waals surface area contributed by atoms with Gasteiger partial charge in [0.25, 0.3) is 0 Å². The number of halogens is 1. The van der Waals surface area contributed by atoms with Crippen LogP contribution in [0.3, 0.4) is 0 Å². The number of pyridine rings is 1. The molecule has 144 valence electrons. The Labute approximate surface area is 159 Å². The maximum atomic E-state index is 5.71. The van der Waals surface area contributed by atoms with E-state index in [1.807, 2.05) is 18.2 Å². The average molecular weight is 386 g/mol. The van der Waals surface area contributed by atoms with Crippen LogP contribution in [0, 0.1) is 0 Å². The van der Waals surface area contributed by atoms with Gasteiger partial charge in [-0.05, 0) is 12.1 Å². The van der Waals surface area contributed by atoms with Crippen LogP contribution in [0.25, 0.3) is 0 Å². The summed E-state index contributed by atoms with van der Waals surface area (Å²) < 4.78 is 33.4. The Morgan fingerprint density at radius 1 is 0.692 bits per heavy atom. The Hall–Kier alpha value is -2.38. The van der Waals surface area contributed by atoms with Gasteiger partial charge in [0.2, 0.25) is 17.2 Å². The highest BCUT2D eigenvalue weighted by molar-refractivity contribution is 5.85. The summed E-state index contributed by atoms with van der Waals surface area (Å²) in [7, 11) is 9.24. The van der Waals surface area contributed by atoms with E-state index in [0.717, 1.165) is 0 Å². The summed E-state index contributed by atoms with van der Waals surface area (Å²) >= 11 is 0. The first-order valence-electron chi connectivity index (χ1n) is 7.55. The fourth-order valence-electron chi connectivity index (χ4n) is 2.77. The van der Waals surface area contributed by atoms with Gasteiger partial charge in [0.1, 0.15) is 6.10 Å². The summed E-state index contributed by atoms with van der Waals surface area (Å²) in [6.45, 7) is 0. The fraction of sp³-hybridized carbons (Fsp3) is 0.389. The van der Waals surface area contributed by atoms with Gasteiger partial charge in [0.05, 0.1) is 46.8 Å². The molecule has 26 heavy (non-hydrogen) atoms. The Kier molecular flexibility index (Phi) is 8.28. The molecule has 0 amide bonds. The zero-order valence-corrected chi connectivity index (χ0v) is 16.5. The molecule has 7 nitrogen and oxygen atoms in total. The molecule has 0 saturated carbocycles. The topological polar surface area (TPSA) is 68.3 Å². The normalized spacial score (nSPS) is 11.2. The van der Waals surface area contributed by atoms with Gasteiger partial charge in [-0.2, -0.15) is 0 Å². The van der Waals surface area contributed by atoms with Crippen LogP contribution in [0.5, 0.6) is 28.7 Å². The lowest BCUT2D eigenvalue weighted by Crippen LogP contribution is -2.12. The lowest BCUT2D eigenvalue weighted by Gasteiger charge is -2.25. The van der Waals surface area contributed by atoms with E-state index >= 15 is 0 Å². The quantitative estimate of drug-likeness (QED) is 0.690. The summed E-state index contributed by atoms with van der Waals surface area (Å²) in [5, 5.41) is 0. The molecule has 1 aromatic heterocycles. The van der Waals surface area contributed by atoms with Gasteiger partial charge in [-0.15, -0.1) is 12.4 Å². The van der Waals surface area contributed by atoms with Crippen molar-refractivity contribution in [2.45, 2.75) is 6.10 Å². The van der Waals surface area contributed by atoms with E-state index in [1.54, 1.807) is 13.3 Å². The van der Waals surface area contributed by atoms with Crippen LogP contribution in [0.1, 0.15) is 17.4 Å². The molecular weight excluding hydrogens is 362 g/mol. The first-order valence-corrected chi connectivity index (χ1v) is 7.55. The lowest BCUT2D eigenvalue weighted by atomic mass is 10.0. The number of aromatic nitrogens is 1. The second kappa shape index (κ2) is 9.94. The van der Waals surface area contributed by atoms with Crippen molar-refractivity contribution in [3.8, 4) is 28.7 Å². The molecule has 0 aliphatic carbocycles. The second-order valence-electron chi connectivity index (χ2n) is 4.95. The van der Waals surface area contributed by atoms with Crippen molar-refractivity contribution in [3.63, 3.8) is 0 Å². The molecule has 0 aliphatic heterocycles. The van der Waals surface area contributed by atoms with Gasteiger partial charge in [-0.3, -0.25) is 4.98 Å². The highest BCUT2D eigenvalue weighted by Crippen LogP contribution is 2.56. The molecule has 0 fully saturated rings. The van der Waals surface area contributed by atoms with Gasteiger partial charge < -0.3 is 28.4 Å². The minimum Gasteiger partial charge on any atom is -0.492 e. The first kappa shape index (κ1) is 21.7. The fourth-order valence-corrected chi connectivity index (χ4v) is 2.77. The molecule has 1 atom stereocenters. The van der Waals surface area contributed by atoms with Gasteiger partial charge in [0, 0.05) is 13.3 Å². The lowest BCUT2D eigenvalue weighted by molar-refractivity contribution is 0.125. The summed E-state index contributed by atoms with van der Waals surface area (Å²) in [6.07, 6.45) is 1.14. The number of methoxy groups -OCH3 is 6. The molecule has 0 N–H and O–H groups in total. The number of hydrogen-bond acceptors (Lipinski definition) is 7. The number of benzene rings is 1. The average Bonchev–Trinajstić information content (AvgIpc) is 2.67. The molecule has 0 saturated heterocycles. The highest BCUT2D eigenvalue weighted by Gasteiger charge is 2.33. The van der Waals surface area contributed by atoms with E-state index in [4.69, 9.17) is 28.4 Å². The molecule has 1 unspecified atom stereocenters. The monoisotopic (exact) mass is 385 g/mol. The largest absolute Gasteiger partial charge is 0.492 e. The van der Waals surface area contributed by atoms with Crippen LogP contribution >= 0.6 is 12.4 Å². The standard InChI is InChI=1S/C18H23NO6.ClH/c1-20-13(11-9-7-8-10-19-11)12-14(21-2)16(23-4)18(25-6)17(24-5)15(12)22-3;/h7-10,13H,1-6H3;1H. The van der Waals surface area contributed by atoms with Crippen LogP contribution in [-0.2, 0) is 4.74 Å². The third-order valence-corrected chi connectivity index (χ3v) is 3.79. The molecule has 1 heterocycles. The Morgan fingerprint density at radius 3 is 1.50 bits per heavy atom. The van der Waals surface area contributed by atoms with Crippen molar-refractivity contribution in [2.75, 3.05) is 42.7 Å². The molecule has 8 heteroatoms. The van der Waals surface area contributed by atoms with E-state index < -0.39 is 6.10 Å². The summed E-state index contributed by atoms with van der Waals surface area (Å²) in [4.78, 5) is 4.38.